The largest absolute Gasteiger partial charge is 0.490 e. The number of nitrogens with zero attached hydrogens (tertiary/aromatic N) is 4. The van der Waals surface area contributed by atoms with Crippen LogP contribution in [0.1, 0.15) is 6.23 Å². The van der Waals surface area contributed by atoms with E-state index in [0.717, 1.165) is 17.2 Å². The molecule has 1 saturated heterocycles. The molecule has 2 aromatic rings. The van der Waals surface area contributed by atoms with E-state index < -0.39 is 86.9 Å². The number of hydrogen-bond acceptors (Lipinski definition) is 18. The number of nitrogen functional groups attached to an aromatic ring is 1. The molecular weight excluding hydrogens is 682 g/mol. The fourth-order valence-electron chi connectivity index (χ4n) is 3.24. The van der Waals surface area contributed by atoms with Gasteiger partial charge in [-0.2, -0.15) is 12.9 Å². The third-order valence-electron chi connectivity index (χ3n) is 5.01. The first-order chi connectivity index (χ1) is 19.6. The molecule has 0 amide bonds. The summed E-state index contributed by atoms with van der Waals surface area (Å²) >= 11 is 0. The predicted molar refractivity (Wildman–Crippen MR) is 129 cm³/mol. The van der Waals surface area contributed by atoms with Gasteiger partial charge < -0.3 is 50.5 Å². The van der Waals surface area contributed by atoms with Crippen molar-refractivity contribution in [1.29, 1.82) is 0 Å². The Bertz CT molecular complexity index is 1550. The lowest BCUT2D eigenvalue weighted by Gasteiger charge is -2.23. The molecule has 29 heteroatoms. The number of hydrogen-bond donors (Lipinski definition) is 9. The molecule has 25 nitrogen and oxygen atoms in total. The highest BCUT2D eigenvalue weighted by atomic mass is 31.3. The Hall–Kier alpha value is -2.27. The van der Waals surface area contributed by atoms with Gasteiger partial charge in [-0.05, 0) is 0 Å². The second-order valence-electron chi connectivity index (χ2n) is 8.07. The third kappa shape index (κ3) is 9.12. The van der Waals surface area contributed by atoms with Crippen molar-refractivity contribution >= 4 is 60.2 Å². The van der Waals surface area contributed by atoms with Crippen LogP contribution in [-0.4, -0.2) is 103 Å². The van der Waals surface area contributed by atoms with E-state index >= 15 is 0 Å². The van der Waals surface area contributed by atoms with Crippen molar-refractivity contribution in [2.75, 3.05) is 18.9 Å². The van der Waals surface area contributed by atoms with E-state index in [1.807, 2.05) is 0 Å². The number of aromatic nitrogens is 4. The van der Waals surface area contributed by atoms with Crippen molar-refractivity contribution < 1.29 is 94.6 Å². The van der Waals surface area contributed by atoms with Gasteiger partial charge in [0.2, 0.25) is 0 Å². The lowest BCUT2D eigenvalue weighted by atomic mass is 10.1. The molecule has 10 N–H and O–H groups in total. The Labute approximate surface area is 236 Å². The van der Waals surface area contributed by atoms with E-state index in [1.54, 1.807) is 0 Å². The van der Waals surface area contributed by atoms with E-state index in [0.29, 0.717) is 0 Å². The van der Waals surface area contributed by atoms with E-state index in [1.165, 1.54) is 0 Å². The van der Waals surface area contributed by atoms with E-state index in [9.17, 15) is 47.8 Å². The number of aliphatic hydroxyl groups is 2. The van der Waals surface area contributed by atoms with Crippen molar-refractivity contribution in [1.82, 2.24) is 19.5 Å². The molecule has 7 atom stereocenters. The number of anilines is 1. The van der Waals surface area contributed by atoms with Crippen molar-refractivity contribution in [3.05, 3.63) is 12.7 Å². The van der Waals surface area contributed by atoms with Crippen LogP contribution in [0.4, 0.5) is 5.82 Å². The number of carboxylic acid groups (broad SMARTS) is 2. The first-order valence-corrected chi connectivity index (χ1v) is 16.8. The fraction of sp³-hybridized carbons (Fsp3) is 0.500. The van der Waals surface area contributed by atoms with Gasteiger partial charge in [0.15, 0.2) is 23.6 Å². The summed E-state index contributed by atoms with van der Waals surface area (Å²) < 4.78 is 74.6. The molecule has 1 aliphatic heterocycles. The van der Waals surface area contributed by atoms with Crippen LogP contribution in [0.25, 0.3) is 11.2 Å². The molecule has 3 rings (SSSR count). The number of nitrogens with two attached hydrogens (primary N) is 1. The molecule has 43 heavy (non-hydrogen) atoms. The second-order valence-corrected chi connectivity index (χ2v) is 14.3. The smallest absolute Gasteiger partial charge is 0.481 e. The maximum Gasteiger partial charge on any atom is 0.490 e. The summed E-state index contributed by atoms with van der Waals surface area (Å²) in [6, 6.07) is 0. The Morgan fingerprint density at radius 1 is 0.930 bits per heavy atom. The molecule has 5 unspecified atom stereocenters. The normalized spacial score (nSPS) is 25.3. The molecule has 0 aliphatic carbocycles. The van der Waals surface area contributed by atoms with Gasteiger partial charge in [0.25, 0.3) is 0 Å². The quantitative estimate of drug-likeness (QED) is 0.0736. The summed E-state index contributed by atoms with van der Waals surface area (Å²) in [5, 5.41) is 38.9. The van der Waals surface area contributed by atoms with Crippen LogP contribution in [-0.2, 0) is 54.6 Å². The molecule has 0 spiro atoms. The number of phosphoric acid groups is 4. The summed E-state index contributed by atoms with van der Waals surface area (Å²) in [4.78, 5) is 70.2. The molecule has 1 fully saturated rings. The molecule has 1 aliphatic rings. The van der Waals surface area contributed by atoms with Crippen LogP contribution in [0.3, 0.4) is 0 Å². The number of fused-ring (bicyclic) bond motifs is 1. The first kappa shape index (κ1) is 35.2. The number of aliphatic hydroxyl groups excluding tert-OH is 2. The van der Waals surface area contributed by atoms with Gasteiger partial charge in [-0.25, -0.2) is 33.2 Å². The van der Waals surface area contributed by atoms with Crippen molar-refractivity contribution in [3.63, 3.8) is 0 Å². The standard InChI is InChI=1S/C14H21N5O20P4/c15-10-7-11(17-3-16-10)19(4-18-7)12-9(21)8(20)6(36-12)2-35-43(33,34-1-5(13(22)23)14(24)25)39-42(31,32)38-41(29,30)37-40(26,27)28/h3-6,8-9,12,20-21H,1-2H2,(H,22,23)(H,24,25)(H,29,30)(H,31,32)(H2,15,16,17)(H2,26,27,28)/t6-,8?,9?,12-,43?/m1/s1. The fourth-order valence-corrected chi connectivity index (χ4v) is 8.25. The zero-order valence-corrected chi connectivity index (χ0v) is 24.2. The molecule has 3 heterocycles. The number of rotatable bonds is 15. The number of phosphoric ester groups is 1. The van der Waals surface area contributed by atoms with Crippen LogP contribution in [0, 0.1) is 5.92 Å². The minimum atomic E-state index is -6.28. The number of imidazole rings is 1. The Morgan fingerprint density at radius 2 is 1.53 bits per heavy atom. The van der Waals surface area contributed by atoms with E-state index in [4.69, 9.17) is 35.0 Å². The lowest BCUT2D eigenvalue weighted by molar-refractivity contribution is -0.156. The zero-order valence-electron chi connectivity index (χ0n) is 20.6. The summed E-state index contributed by atoms with van der Waals surface area (Å²) in [7, 11) is -24.1. The highest BCUT2D eigenvalue weighted by Crippen LogP contribution is 2.72. The molecule has 0 aromatic carbocycles. The topological polar surface area (TPSA) is 389 Å². The Kier molecular flexibility index (Phi) is 10.6. The maximum atomic E-state index is 13.1. The van der Waals surface area contributed by atoms with Crippen LogP contribution < -0.4 is 5.73 Å². The minimum Gasteiger partial charge on any atom is -0.481 e. The van der Waals surface area contributed by atoms with Crippen molar-refractivity contribution in [2.24, 2.45) is 5.92 Å². The zero-order chi connectivity index (χ0) is 32.5. The SMILES string of the molecule is Nc1ncnc2c1ncn2[C@@H]1O[C@H](COP(=O)(OCC(C(=O)O)C(=O)O)OP(=O)(O)OP(=O)(O)OP(=O)(O)O)C(O)C1O. The molecular formula is C14H21N5O20P4. The van der Waals surface area contributed by atoms with Crippen molar-refractivity contribution in [3.8, 4) is 0 Å². The van der Waals surface area contributed by atoms with Gasteiger partial charge in [0.1, 0.15) is 30.2 Å². The van der Waals surface area contributed by atoms with Crippen molar-refractivity contribution in [2.45, 2.75) is 24.5 Å². The van der Waals surface area contributed by atoms with Gasteiger partial charge in [-0.1, -0.05) is 0 Å². The number of aliphatic carboxylic acids is 2. The summed E-state index contributed by atoms with van der Waals surface area (Å²) in [5.74, 6) is -6.67. The average molecular weight is 703 g/mol. The first-order valence-electron chi connectivity index (χ1n) is 10.8. The minimum absolute atomic E-state index is 0.0281. The maximum absolute atomic E-state index is 13.1. The number of ether oxygens (including phenoxy) is 1. The summed E-state index contributed by atoms with van der Waals surface area (Å²) in [5.41, 5.74) is 5.80. The highest BCUT2D eigenvalue weighted by Gasteiger charge is 2.49. The predicted octanol–water partition coefficient (Wildman–Crippen LogP) is -1.70. The van der Waals surface area contributed by atoms with Gasteiger partial charge in [-0.15, -0.1) is 0 Å². The number of carboxylic acids is 2. The number of carbonyl (C=O) groups is 2. The molecule has 242 valence electrons. The molecule has 0 radical (unpaired) electrons. The molecule has 0 saturated carbocycles. The van der Waals surface area contributed by atoms with Gasteiger partial charge in [-0.3, -0.25) is 23.2 Å². The van der Waals surface area contributed by atoms with E-state index in [2.05, 4.69) is 32.4 Å². The summed E-state index contributed by atoms with van der Waals surface area (Å²) in [6.07, 6.45) is -4.73. The molecule has 0 bridgehead atoms. The van der Waals surface area contributed by atoms with Crippen LogP contribution in [0.15, 0.2) is 12.7 Å². The monoisotopic (exact) mass is 703 g/mol. The third-order valence-corrected chi connectivity index (χ3v) is 10.9. The highest BCUT2D eigenvalue weighted by molar-refractivity contribution is 7.69. The van der Waals surface area contributed by atoms with Crippen LogP contribution in [0.5, 0.6) is 0 Å². The second kappa shape index (κ2) is 13.0. The lowest BCUT2D eigenvalue weighted by Crippen LogP contribution is -2.34. The van der Waals surface area contributed by atoms with Gasteiger partial charge in [0.05, 0.1) is 19.5 Å². The van der Waals surface area contributed by atoms with E-state index in [-0.39, 0.29) is 17.0 Å². The average Bonchev–Trinajstić information content (AvgIpc) is 3.36. The summed E-state index contributed by atoms with van der Waals surface area (Å²) in [6.45, 7) is -2.81. The Morgan fingerprint density at radius 3 is 2.12 bits per heavy atom. The van der Waals surface area contributed by atoms with Crippen LogP contribution >= 0.6 is 31.3 Å². The van der Waals surface area contributed by atoms with Crippen LogP contribution in [0.2, 0.25) is 0 Å². The van der Waals surface area contributed by atoms with Gasteiger partial charge >= 0.3 is 43.2 Å². The van der Waals surface area contributed by atoms with Gasteiger partial charge in [0, 0.05) is 0 Å². The molecule has 2 aromatic heterocycles. The Balaban J connectivity index is 1.83.